The Labute approximate surface area is 156 Å². The number of halogens is 1. The first-order valence-electron chi connectivity index (χ1n) is 8.23. The van der Waals surface area contributed by atoms with Gasteiger partial charge >= 0.3 is 0 Å². The molecule has 0 spiro atoms. The van der Waals surface area contributed by atoms with Gasteiger partial charge in [-0.15, -0.1) is 0 Å². The molecular formula is C20H17FN6. The summed E-state index contributed by atoms with van der Waals surface area (Å²) in [5.74, 6) is 0.793. The fourth-order valence-corrected chi connectivity index (χ4v) is 2.51. The van der Waals surface area contributed by atoms with Crippen molar-refractivity contribution >= 4 is 23.5 Å². The first kappa shape index (κ1) is 18.0. The van der Waals surface area contributed by atoms with Gasteiger partial charge in [0, 0.05) is 41.8 Å². The summed E-state index contributed by atoms with van der Waals surface area (Å²) in [7, 11) is 0. The van der Waals surface area contributed by atoms with Crippen LogP contribution in [0, 0.1) is 29.5 Å². The fraction of sp³-hybridized carbons (Fsp3) is 0.100. The van der Waals surface area contributed by atoms with Crippen LogP contribution < -0.4 is 10.6 Å². The third-order valence-corrected chi connectivity index (χ3v) is 3.98. The summed E-state index contributed by atoms with van der Waals surface area (Å²) < 4.78 is 13.8. The first-order valence-corrected chi connectivity index (χ1v) is 8.23. The number of aromatic nitrogens is 2. The molecule has 134 valence electrons. The van der Waals surface area contributed by atoms with Gasteiger partial charge in [-0.2, -0.15) is 5.26 Å². The van der Waals surface area contributed by atoms with Gasteiger partial charge in [-0.3, -0.25) is 0 Å². The van der Waals surface area contributed by atoms with Crippen LogP contribution in [0.2, 0.25) is 0 Å². The minimum absolute atomic E-state index is 0.283. The van der Waals surface area contributed by atoms with Crippen LogP contribution in [0.5, 0.6) is 0 Å². The van der Waals surface area contributed by atoms with Crippen LogP contribution in [0.15, 0.2) is 48.7 Å². The van der Waals surface area contributed by atoms with E-state index in [0.29, 0.717) is 39.7 Å². The van der Waals surface area contributed by atoms with Crippen LogP contribution in [0.4, 0.5) is 21.7 Å². The Balaban J connectivity index is 1.81. The molecule has 2 heterocycles. The van der Waals surface area contributed by atoms with Crippen molar-refractivity contribution in [3.05, 3.63) is 76.9 Å². The maximum atomic E-state index is 13.8. The monoisotopic (exact) mass is 360 g/mol. The van der Waals surface area contributed by atoms with Gasteiger partial charge in [0.15, 0.2) is 0 Å². The molecule has 0 bridgehead atoms. The van der Waals surface area contributed by atoms with Crippen molar-refractivity contribution in [3.8, 4) is 6.07 Å². The highest BCUT2D eigenvalue weighted by Crippen LogP contribution is 2.21. The van der Waals surface area contributed by atoms with Crippen molar-refractivity contribution in [1.29, 1.82) is 10.7 Å². The molecule has 0 aliphatic rings. The molecule has 0 aliphatic carbocycles. The molecule has 6 nitrogen and oxygen atoms in total. The summed E-state index contributed by atoms with van der Waals surface area (Å²) >= 11 is 0. The molecule has 3 rings (SSSR count). The number of aryl methyl sites for hydroxylation is 1. The summed E-state index contributed by atoms with van der Waals surface area (Å²) in [6.07, 6.45) is 2.74. The summed E-state index contributed by atoms with van der Waals surface area (Å²) in [5.41, 5.74) is 2.90. The van der Waals surface area contributed by atoms with E-state index in [1.165, 1.54) is 12.3 Å². The van der Waals surface area contributed by atoms with E-state index in [-0.39, 0.29) is 12.4 Å². The molecule has 0 unspecified atom stereocenters. The Kier molecular flexibility index (Phi) is 5.38. The lowest BCUT2D eigenvalue weighted by molar-refractivity contribution is 0.613. The Morgan fingerprint density at radius 1 is 1.22 bits per heavy atom. The predicted octanol–water partition coefficient (Wildman–Crippen LogP) is 4.15. The van der Waals surface area contributed by atoms with Gasteiger partial charge in [0.05, 0.1) is 11.3 Å². The number of nitriles is 1. The van der Waals surface area contributed by atoms with Crippen LogP contribution in [-0.4, -0.2) is 16.2 Å². The topological polar surface area (TPSA) is 97.5 Å². The molecule has 3 aromatic rings. The standard InChI is InChI=1S/C20H17FN6/c1-13-14(9-22)6-7-19(26-13)27-20-8-18(16(10-23)12-25-20)24-11-15-4-2-3-5-17(15)21/h2-8,10,12,23H,11H2,1H3,(H2,24,25,26,27). The van der Waals surface area contributed by atoms with Gasteiger partial charge in [0.1, 0.15) is 23.5 Å². The summed E-state index contributed by atoms with van der Waals surface area (Å²) in [6.45, 7) is 2.04. The van der Waals surface area contributed by atoms with E-state index in [1.807, 2.05) is 0 Å². The van der Waals surface area contributed by atoms with E-state index in [1.54, 1.807) is 49.5 Å². The average Bonchev–Trinajstić information content (AvgIpc) is 2.68. The molecule has 7 heteroatoms. The number of nitrogens with one attached hydrogen (secondary N) is 3. The molecule has 27 heavy (non-hydrogen) atoms. The highest BCUT2D eigenvalue weighted by molar-refractivity contribution is 5.86. The molecular weight excluding hydrogens is 343 g/mol. The minimum atomic E-state index is -0.286. The van der Waals surface area contributed by atoms with Gasteiger partial charge in [0.25, 0.3) is 0 Å². The van der Waals surface area contributed by atoms with Gasteiger partial charge in [-0.25, -0.2) is 14.4 Å². The third kappa shape index (κ3) is 4.25. The molecule has 0 saturated carbocycles. The van der Waals surface area contributed by atoms with Crippen molar-refractivity contribution in [1.82, 2.24) is 9.97 Å². The Bertz CT molecular complexity index is 1030. The number of pyridine rings is 2. The van der Waals surface area contributed by atoms with Crippen LogP contribution >= 0.6 is 0 Å². The summed E-state index contributed by atoms with van der Waals surface area (Å²) in [6, 6.07) is 13.7. The summed E-state index contributed by atoms with van der Waals surface area (Å²) in [5, 5.41) is 22.7. The first-order chi connectivity index (χ1) is 13.1. The molecule has 0 radical (unpaired) electrons. The Morgan fingerprint density at radius 2 is 2.04 bits per heavy atom. The maximum absolute atomic E-state index is 13.8. The van der Waals surface area contributed by atoms with Crippen LogP contribution in [0.1, 0.15) is 22.4 Å². The molecule has 0 aliphatic heterocycles. The van der Waals surface area contributed by atoms with Crippen molar-refractivity contribution in [2.24, 2.45) is 0 Å². The number of hydrogen-bond acceptors (Lipinski definition) is 6. The quantitative estimate of drug-likeness (QED) is 0.574. The van der Waals surface area contributed by atoms with E-state index in [2.05, 4.69) is 26.7 Å². The lowest BCUT2D eigenvalue weighted by Gasteiger charge is -2.12. The van der Waals surface area contributed by atoms with Crippen LogP contribution in [0.25, 0.3) is 0 Å². The van der Waals surface area contributed by atoms with E-state index in [0.717, 1.165) is 0 Å². The third-order valence-electron chi connectivity index (χ3n) is 3.98. The second-order valence-corrected chi connectivity index (χ2v) is 5.81. The van der Waals surface area contributed by atoms with Crippen molar-refractivity contribution in [2.45, 2.75) is 13.5 Å². The normalized spacial score (nSPS) is 10.1. The molecule has 3 N–H and O–H groups in total. The Hall–Kier alpha value is -3.79. The average molecular weight is 360 g/mol. The second kappa shape index (κ2) is 8.06. The number of nitrogens with zero attached hydrogens (tertiary/aromatic N) is 3. The van der Waals surface area contributed by atoms with E-state index >= 15 is 0 Å². The molecule has 0 saturated heterocycles. The molecule has 1 aromatic carbocycles. The zero-order chi connectivity index (χ0) is 19.2. The minimum Gasteiger partial charge on any atom is -0.380 e. The molecule has 0 fully saturated rings. The maximum Gasteiger partial charge on any atom is 0.133 e. The second-order valence-electron chi connectivity index (χ2n) is 5.81. The molecule has 0 amide bonds. The number of anilines is 3. The largest absolute Gasteiger partial charge is 0.380 e. The molecule has 0 atom stereocenters. The van der Waals surface area contributed by atoms with Crippen molar-refractivity contribution in [2.75, 3.05) is 10.6 Å². The zero-order valence-electron chi connectivity index (χ0n) is 14.6. The zero-order valence-corrected chi connectivity index (χ0v) is 14.6. The van der Waals surface area contributed by atoms with E-state index in [9.17, 15) is 4.39 Å². The van der Waals surface area contributed by atoms with Crippen LogP contribution in [0.3, 0.4) is 0 Å². The Morgan fingerprint density at radius 3 is 2.74 bits per heavy atom. The lowest BCUT2D eigenvalue weighted by Crippen LogP contribution is -2.06. The van der Waals surface area contributed by atoms with E-state index in [4.69, 9.17) is 10.7 Å². The number of benzene rings is 1. The highest BCUT2D eigenvalue weighted by Gasteiger charge is 2.07. The van der Waals surface area contributed by atoms with E-state index < -0.39 is 0 Å². The number of hydrogen-bond donors (Lipinski definition) is 3. The summed E-state index contributed by atoms with van der Waals surface area (Å²) in [4.78, 5) is 8.60. The number of rotatable bonds is 6. The fourth-order valence-electron chi connectivity index (χ4n) is 2.51. The van der Waals surface area contributed by atoms with Crippen LogP contribution in [-0.2, 0) is 6.54 Å². The van der Waals surface area contributed by atoms with Gasteiger partial charge in [0.2, 0.25) is 0 Å². The van der Waals surface area contributed by atoms with Gasteiger partial charge in [-0.1, -0.05) is 18.2 Å². The van der Waals surface area contributed by atoms with Crippen molar-refractivity contribution < 1.29 is 4.39 Å². The molecule has 2 aromatic heterocycles. The van der Waals surface area contributed by atoms with Crippen molar-refractivity contribution in [3.63, 3.8) is 0 Å². The SMILES string of the molecule is Cc1nc(Nc2cc(NCc3ccccc3F)c(C=N)cn2)ccc1C#N. The smallest absolute Gasteiger partial charge is 0.133 e. The lowest BCUT2D eigenvalue weighted by atomic mass is 10.2. The highest BCUT2D eigenvalue weighted by atomic mass is 19.1. The van der Waals surface area contributed by atoms with Gasteiger partial charge < -0.3 is 16.0 Å². The predicted molar refractivity (Wildman–Crippen MR) is 103 cm³/mol. The van der Waals surface area contributed by atoms with Gasteiger partial charge in [-0.05, 0) is 25.1 Å².